The maximum absolute atomic E-state index is 12.8. The molecule has 1 saturated carbocycles. The average Bonchev–Trinajstić information content (AvgIpc) is 2.89. The van der Waals surface area contributed by atoms with Crippen LogP contribution in [0.2, 0.25) is 0 Å². The van der Waals surface area contributed by atoms with Gasteiger partial charge in [0.2, 0.25) is 0 Å². The van der Waals surface area contributed by atoms with Gasteiger partial charge >= 0.3 is 0 Å². The van der Waals surface area contributed by atoms with Gasteiger partial charge in [0.25, 0.3) is 6.43 Å². The summed E-state index contributed by atoms with van der Waals surface area (Å²) >= 11 is 0. The molecule has 0 aromatic heterocycles. The summed E-state index contributed by atoms with van der Waals surface area (Å²) < 4.78 is 31.3. The first kappa shape index (κ1) is 14.1. The second-order valence-electron chi connectivity index (χ2n) is 4.85. The third-order valence-corrected chi connectivity index (χ3v) is 3.38. The van der Waals surface area contributed by atoms with E-state index < -0.39 is 6.43 Å². The van der Waals surface area contributed by atoms with Crippen LogP contribution >= 0.6 is 0 Å². The molecule has 3 nitrogen and oxygen atoms in total. The van der Waals surface area contributed by atoms with Crippen LogP contribution in [0.4, 0.5) is 20.2 Å². The number of ether oxygens (including phenoxy) is 1. The van der Waals surface area contributed by atoms with Gasteiger partial charge in [0.15, 0.2) is 0 Å². The van der Waals surface area contributed by atoms with Gasteiger partial charge in [0.05, 0.1) is 12.7 Å². The molecule has 0 spiro atoms. The van der Waals surface area contributed by atoms with Crippen molar-refractivity contribution in [1.29, 1.82) is 0 Å². The Hall–Kier alpha value is -1.36. The predicted molar refractivity (Wildman–Crippen MR) is 72.5 cm³/mol. The monoisotopic (exact) mass is 270 g/mol. The molecule has 0 unspecified atom stereocenters. The van der Waals surface area contributed by atoms with Crippen molar-refractivity contribution in [3.8, 4) is 0 Å². The summed E-state index contributed by atoms with van der Waals surface area (Å²) in [7, 11) is 0. The SMILES string of the molecule is Nc1ccc(NCCOC2CCCC2)c(C(F)F)c1. The largest absolute Gasteiger partial charge is 0.399 e. The summed E-state index contributed by atoms with van der Waals surface area (Å²) in [6.07, 6.45) is 2.51. The van der Waals surface area contributed by atoms with Gasteiger partial charge in [-0.2, -0.15) is 0 Å². The summed E-state index contributed by atoms with van der Waals surface area (Å²) in [6, 6.07) is 4.52. The number of hydrogen-bond donors (Lipinski definition) is 2. The van der Waals surface area contributed by atoms with Gasteiger partial charge in [-0.3, -0.25) is 0 Å². The van der Waals surface area contributed by atoms with Crippen molar-refractivity contribution in [3.05, 3.63) is 23.8 Å². The summed E-state index contributed by atoms with van der Waals surface area (Å²) in [5, 5.41) is 2.99. The zero-order valence-corrected chi connectivity index (χ0v) is 10.9. The second kappa shape index (κ2) is 6.70. The number of nitrogens with two attached hydrogens (primary N) is 1. The maximum Gasteiger partial charge on any atom is 0.265 e. The number of hydrogen-bond acceptors (Lipinski definition) is 3. The molecule has 1 aromatic rings. The minimum Gasteiger partial charge on any atom is -0.399 e. The molecule has 5 heteroatoms. The number of alkyl halides is 2. The van der Waals surface area contributed by atoms with Crippen molar-refractivity contribution in [2.45, 2.75) is 38.2 Å². The molecule has 1 aromatic carbocycles. The maximum atomic E-state index is 12.8. The van der Waals surface area contributed by atoms with E-state index in [0.29, 0.717) is 30.6 Å². The van der Waals surface area contributed by atoms with Crippen molar-refractivity contribution in [2.24, 2.45) is 0 Å². The first-order chi connectivity index (χ1) is 9.16. The van der Waals surface area contributed by atoms with Gasteiger partial charge in [-0.15, -0.1) is 0 Å². The number of nitrogen functional groups attached to an aromatic ring is 1. The van der Waals surface area contributed by atoms with Gasteiger partial charge in [-0.05, 0) is 31.0 Å². The van der Waals surface area contributed by atoms with Crippen LogP contribution in [0.3, 0.4) is 0 Å². The van der Waals surface area contributed by atoms with Crippen molar-refractivity contribution in [2.75, 3.05) is 24.2 Å². The Labute approximate surface area is 112 Å². The summed E-state index contributed by atoms with van der Waals surface area (Å²) in [5.41, 5.74) is 6.24. The van der Waals surface area contributed by atoms with Crippen LogP contribution in [0.5, 0.6) is 0 Å². The highest BCUT2D eigenvalue weighted by Crippen LogP contribution is 2.28. The minimum absolute atomic E-state index is 0.0548. The fraction of sp³-hybridized carbons (Fsp3) is 0.571. The quantitative estimate of drug-likeness (QED) is 0.613. The number of anilines is 2. The highest BCUT2D eigenvalue weighted by molar-refractivity contribution is 5.58. The van der Waals surface area contributed by atoms with Crippen LogP contribution in [0.25, 0.3) is 0 Å². The molecule has 1 aliphatic carbocycles. The molecule has 19 heavy (non-hydrogen) atoms. The Balaban J connectivity index is 1.81. The zero-order chi connectivity index (χ0) is 13.7. The van der Waals surface area contributed by atoms with Crippen LogP contribution in [0.15, 0.2) is 18.2 Å². The van der Waals surface area contributed by atoms with E-state index >= 15 is 0 Å². The van der Waals surface area contributed by atoms with E-state index in [1.54, 1.807) is 12.1 Å². The summed E-state index contributed by atoms with van der Waals surface area (Å²) in [4.78, 5) is 0. The standard InChI is InChI=1S/C14H20F2N2O/c15-14(16)12-9-10(17)5-6-13(12)18-7-8-19-11-3-1-2-4-11/h5-6,9,11,14,18H,1-4,7-8,17H2. The Morgan fingerprint density at radius 1 is 1.32 bits per heavy atom. The lowest BCUT2D eigenvalue weighted by atomic mass is 10.1. The molecule has 106 valence electrons. The van der Waals surface area contributed by atoms with E-state index in [1.165, 1.54) is 18.9 Å². The lowest BCUT2D eigenvalue weighted by Crippen LogP contribution is -2.16. The molecule has 0 radical (unpaired) electrons. The molecule has 0 bridgehead atoms. The van der Waals surface area contributed by atoms with Gasteiger partial charge in [-0.1, -0.05) is 12.8 Å². The summed E-state index contributed by atoms with van der Waals surface area (Å²) in [6.45, 7) is 1.07. The number of nitrogens with one attached hydrogen (secondary N) is 1. The Morgan fingerprint density at radius 2 is 2.05 bits per heavy atom. The van der Waals surface area contributed by atoms with Gasteiger partial charge in [0, 0.05) is 23.5 Å². The highest BCUT2D eigenvalue weighted by Gasteiger charge is 2.15. The Morgan fingerprint density at radius 3 is 2.74 bits per heavy atom. The van der Waals surface area contributed by atoms with Crippen molar-refractivity contribution in [1.82, 2.24) is 0 Å². The van der Waals surface area contributed by atoms with E-state index in [2.05, 4.69) is 5.32 Å². The molecular weight excluding hydrogens is 250 g/mol. The van der Waals surface area contributed by atoms with Crippen molar-refractivity contribution in [3.63, 3.8) is 0 Å². The minimum atomic E-state index is -2.53. The van der Waals surface area contributed by atoms with Crippen LogP contribution in [0.1, 0.15) is 37.7 Å². The molecule has 0 aliphatic heterocycles. The average molecular weight is 270 g/mol. The Bertz CT molecular complexity index is 406. The van der Waals surface area contributed by atoms with Gasteiger partial charge < -0.3 is 15.8 Å². The molecule has 1 aliphatic rings. The molecule has 2 rings (SSSR count). The van der Waals surface area contributed by atoms with Gasteiger partial charge in [0.1, 0.15) is 0 Å². The number of halogens is 2. The molecule has 0 amide bonds. The fourth-order valence-electron chi connectivity index (χ4n) is 2.39. The number of benzene rings is 1. The van der Waals surface area contributed by atoms with Crippen LogP contribution in [0, 0.1) is 0 Å². The van der Waals surface area contributed by atoms with Crippen molar-refractivity contribution < 1.29 is 13.5 Å². The first-order valence-corrected chi connectivity index (χ1v) is 6.70. The van der Waals surface area contributed by atoms with E-state index in [1.807, 2.05) is 0 Å². The van der Waals surface area contributed by atoms with E-state index in [9.17, 15) is 8.78 Å². The van der Waals surface area contributed by atoms with Crippen LogP contribution in [-0.2, 0) is 4.74 Å². The van der Waals surface area contributed by atoms with Crippen molar-refractivity contribution >= 4 is 11.4 Å². The lowest BCUT2D eigenvalue weighted by Gasteiger charge is -2.14. The van der Waals surface area contributed by atoms with Crippen LogP contribution < -0.4 is 11.1 Å². The van der Waals surface area contributed by atoms with E-state index in [4.69, 9.17) is 10.5 Å². The van der Waals surface area contributed by atoms with Gasteiger partial charge in [-0.25, -0.2) is 8.78 Å². The molecule has 0 heterocycles. The smallest absolute Gasteiger partial charge is 0.265 e. The van der Waals surface area contributed by atoms with E-state index in [0.717, 1.165) is 12.8 Å². The summed E-state index contributed by atoms with van der Waals surface area (Å²) in [5.74, 6) is 0. The molecule has 0 saturated heterocycles. The second-order valence-corrected chi connectivity index (χ2v) is 4.85. The first-order valence-electron chi connectivity index (χ1n) is 6.70. The third-order valence-electron chi connectivity index (χ3n) is 3.38. The molecule has 1 fully saturated rings. The lowest BCUT2D eigenvalue weighted by molar-refractivity contribution is 0.0658. The number of rotatable bonds is 6. The molecular formula is C14H20F2N2O. The third kappa shape index (κ3) is 4.06. The predicted octanol–water partition coefficient (Wildman–Crippen LogP) is 3.58. The zero-order valence-electron chi connectivity index (χ0n) is 10.9. The topological polar surface area (TPSA) is 47.3 Å². The molecule has 0 atom stereocenters. The highest BCUT2D eigenvalue weighted by atomic mass is 19.3. The Kier molecular flexibility index (Phi) is 4.96. The normalized spacial score (nSPS) is 16.2. The fourth-order valence-corrected chi connectivity index (χ4v) is 2.39. The van der Waals surface area contributed by atoms with E-state index in [-0.39, 0.29) is 5.56 Å². The molecule has 3 N–H and O–H groups in total. The van der Waals surface area contributed by atoms with Crippen LogP contribution in [-0.4, -0.2) is 19.3 Å².